The molecule has 6 nitrogen and oxygen atoms in total. The molecule has 1 amide bonds. The Balaban J connectivity index is 1.72. The summed E-state index contributed by atoms with van der Waals surface area (Å²) in [6, 6.07) is 13.6. The number of alkyl carbamates (subject to hydrolysis) is 1. The van der Waals surface area contributed by atoms with Gasteiger partial charge in [-0.3, -0.25) is 9.67 Å². The molecule has 1 aliphatic rings. The van der Waals surface area contributed by atoms with E-state index in [1.165, 1.54) is 0 Å². The van der Waals surface area contributed by atoms with Crippen molar-refractivity contribution >= 4 is 6.09 Å². The third-order valence-corrected chi connectivity index (χ3v) is 4.19. The third-order valence-electron chi connectivity index (χ3n) is 4.19. The van der Waals surface area contributed by atoms with Gasteiger partial charge in [-0.2, -0.15) is 5.10 Å². The van der Waals surface area contributed by atoms with Crippen LogP contribution in [-0.4, -0.2) is 20.9 Å². The van der Waals surface area contributed by atoms with Crippen molar-refractivity contribution in [3.63, 3.8) is 0 Å². The first kappa shape index (κ1) is 14.4. The lowest BCUT2D eigenvalue weighted by atomic mass is 9.98. The lowest BCUT2D eigenvalue weighted by Gasteiger charge is -2.17. The van der Waals surface area contributed by atoms with Gasteiger partial charge >= 0.3 is 6.09 Å². The Morgan fingerprint density at radius 2 is 1.96 bits per heavy atom. The lowest BCUT2D eigenvalue weighted by Crippen LogP contribution is -2.20. The average molecular weight is 320 g/mol. The zero-order valence-corrected chi connectivity index (χ0v) is 13.1. The zero-order chi connectivity index (χ0) is 16.5. The number of rotatable bonds is 3. The summed E-state index contributed by atoms with van der Waals surface area (Å²) in [7, 11) is 1.83. The van der Waals surface area contributed by atoms with Crippen LogP contribution in [0.5, 0.6) is 0 Å². The molecular weight excluding hydrogens is 304 g/mol. The third kappa shape index (κ3) is 2.52. The largest absolute Gasteiger partial charge is 0.437 e. The van der Waals surface area contributed by atoms with Crippen molar-refractivity contribution in [2.75, 3.05) is 0 Å². The number of hydrogen-bond donors (Lipinski definition) is 1. The Kier molecular flexibility index (Phi) is 3.49. The number of hydrogen-bond acceptors (Lipinski definition) is 4. The maximum atomic E-state index is 11.8. The molecule has 1 saturated heterocycles. The predicted molar refractivity (Wildman–Crippen MR) is 88.0 cm³/mol. The molecule has 3 heterocycles. The molecule has 0 spiro atoms. The molecule has 4 rings (SSSR count). The number of ether oxygens (including phenoxy) is 1. The fourth-order valence-electron chi connectivity index (χ4n) is 2.99. The first-order chi connectivity index (χ1) is 11.7. The van der Waals surface area contributed by atoms with Gasteiger partial charge in [-0.25, -0.2) is 4.79 Å². The van der Waals surface area contributed by atoms with Crippen LogP contribution in [0.4, 0.5) is 4.79 Å². The molecule has 1 N–H and O–H groups in total. The van der Waals surface area contributed by atoms with Gasteiger partial charge in [0.1, 0.15) is 6.04 Å². The van der Waals surface area contributed by atoms with Crippen LogP contribution in [0.25, 0.3) is 11.1 Å². The van der Waals surface area contributed by atoms with Crippen LogP contribution in [0.3, 0.4) is 0 Å². The van der Waals surface area contributed by atoms with E-state index in [1.54, 1.807) is 17.1 Å². The quantitative estimate of drug-likeness (QED) is 0.805. The van der Waals surface area contributed by atoms with Gasteiger partial charge in [0.05, 0.1) is 5.69 Å². The van der Waals surface area contributed by atoms with Crippen molar-refractivity contribution in [3.05, 3.63) is 72.3 Å². The average Bonchev–Trinajstić information content (AvgIpc) is 3.21. The van der Waals surface area contributed by atoms with Crippen LogP contribution in [0.15, 0.2) is 61.1 Å². The van der Waals surface area contributed by atoms with Gasteiger partial charge in [0.15, 0.2) is 6.10 Å². The van der Waals surface area contributed by atoms with E-state index in [2.05, 4.69) is 15.4 Å². The molecule has 1 aromatic carbocycles. The van der Waals surface area contributed by atoms with Crippen molar-refractivity contribution in [1.82, 2.24) is 20.1 Å². The van der Waals surface area contributed by atoms with E-state index in [4.69, 9.17) is 4.74 Å². The van der Waals surface area contributed by atoms with E-state index in [-0.39, 0.29) is 6.04 Å². The number of aromatic nitrogens is 3. The van der Waals surface area contributed by atoms with Crippen LogP contribution in [0, 0.1) is 0 Å². The molecule has 24 heavy (non-hydrogen) atoms. The minimum atomic E-state index is -0.434. The highest BCUT2D eigenvalue weighted by Gasteiger charge is 2.38. The number of benzene rings is 1. The first-order valence-electron chi connectivity index (χ1n) is 7.68. The highest BCUT2D eigenvalue weighted by molar-refractivity contribution is 5.71. The fraction of sp³-hybridized carbons (Fsp3) is 0.167. The van der Waals surface area contributed by atoms with Crippen molar-refractivity contribution in [2.24, 2.45) is 7.05 Å². The van der Waals surface area contributed by atoms with Gasteiger partial charge in [0, 0.05) is 31.2 Å². The standard InChI is InChI=1S/C18H16N4O2/c1-22-15(7-8-20-22)17-16(21-18(23)24-17)14-9-13(10-19-11-14)12-5-3-2-4-6-12/h2-11,16-17H,1H3,(H,21,23)/t16-,17-/m0/s1. The Hall–Kier alpha value is -3.15. The molecule has 0 unspecified atom stereocenters. The molecule has 2 aromatic heterocycles. The number of amides is 1. The molecule has 0 bridgehead atoms. The normalized spacial score (nSPS) is 19.8. The van der Waals surface area contributed by atoms with E-state index in [0.29, 0.717) is 0 Å². The number of cyclic esters (lactones) is 1. The van der Waals surface area contributed by atoms with E-state index < -0.39 is 12.2 Å². The van der Waals surface area contributed by atoms with Crippen LogP contribution in [-0.2, 0) is 11.8 Å². The maximum Gasteiger partial charge on any atom is 0.408 e. The van der Waals surface area contributed by atoms with E-state index >= 15 is 0 Å². The summed E-state index contributed by atoms with van der Waals surface area (Å²) in [5.41, 5.74) is 3.81. The van der Waals surface area contributed by atoms with E-state index in [0.717, 1.165) is 22.4 Å². The maximum absolute atomic E-state index is 11.8. The smallest absolute Gasteiger partial charge is 0.408 e. The number of nitrogens with one attached hydrogen (secondary N) is 1. The number of pyridine rings is 1. The van der Waals surface area contributed by atoms with Gasteiger partial charge in [0.2, 0.25) is 0 Å². The molecule has 2 atom stereocenters. The molecule has 0 saturated carbocycles. The zero-order valence-electron chi connectivity index (χ0n) is 13.1. The van der Waals surface area contributed by atoms with E-state index in [1.807, 2.05) is 55.7 Å². The SMILES string of the molecule is Cn1nccc1[C@@H]1OC(=O)N[C@H]1c1cncc(-c2ccccc2)c1. The van der Waals surface area contributed by atoms with Crippen LogP contribution < -0.4 is 5.32 Å². The van der Waals surface area contributed by atoms with Gasteiger partial charge in [0.25, 0.3) is 0 Å². The van der Waals surface area contributed by atoms with Crippen molar-refractivity contribution in [2.45, 2.75) is 12.1 Å². The van der Waals surface area contributed by atoms with Crippen molar-refractivity contribution in [3.8, 4) is 11.1 Å². The predicted octanol–water partition coefficient (Wildman–Crippen LogP) is 3.00. The number of aryl methyl sites for hydroxylation is 1. The van der Waals surface area contributed by atoms with Crippen molar-refractivity contribution < 1.29 is 9.53 Å². The number of nitrogens with zero attached hydrogens (tertiary/aromatic N) is 3. The molecule has 6 heteroatoms. The summed E-state index contributed by atoms with van der Waals surface area (Å²) >= 11 is 0. The van der Waals surface area contributed by atoms with Crippen LogP contribution in [0.2, 0.25) is 0 Å². The Morgan fingerprint density at radius 3 is 2.71 bits per heavy atom. The summed E-state index contributed by atoms with van der Waals surface area (Å²) in [5, 5.41) is 7.03. The van der Waals surface area contributed by atoms with Gasteiger partial charge in [-0.05, 0) is 23.3 Å². The van der Waals surface area contributed by atoms with Crippen molar-refractivity contribution in [1.29, 1.82) is 0 Å². The summed E-state index contributed by atoms with van der Waals surface area (Å²) < 4.78 is 7.18. The lowest BCUT2D eigenvalue weighted by molar-refractivity contribution is 0.127. The Labute approximate surface area is 139 Å². The molecule has 3 aromatic rings. The number of carbonyl (C=O) groups excluding carboxylic acids is 1. The summed E-state index contributed by atoms with van der Waals surface area (Å²) in [4.78, 5) is 16.2. The van der Waals surface area contributed by atoms with Gasteiger partial charge in [-0.1, -0.05) is 30.3 Å². The second-order valence-corrected chi connectivity index (χ2v) is 5.70. The van der Waals surface area contributed by atoms with Gasteiger partial charge < -0.3 is 10.1 Å². The second-order valence-electron chi connectivity index (χ2n) is 5.70. The Morgan fingerprint density at radius 1 is 1.12 bits per heavy atom. The van der Waals surface area contributed by atoms with E-state index in [9.17, 15) is 4.79 Å². The highest BCUT2D eigenvalue weighted by Crippen LogP contribution is 2.37. The summed E-state index contributed by atoms with van der Waals surface area (Å²) in [6.07, 6.45) is 4.40. The second kappa shape index (κ2) is 5.81. The van der Waals surface area contributed by atoms with Gasteiger partial charge in [-0.15, -0.1) is 0 Å². The molecule has 0 radical (unpaired) electrons. The monoisotopic (exact) mass is 320 g/mol. The molecule has 1 aliphatic heterocycles. The molecule has 120 valence electrons. The topological polar surface area (TPSA) is 69.0 Å². The number of carbonyl (C=O) groups is 1. The minimum Gasteiger partial charge on any atom is -0.437 e. The minimum absolute atomic E-state index is 0.302. The molecule has 0 aliphatic carbocycles. The van der Waals surface area contributed by atoms with Crippen LogP contribution >= 0.6 is 0 Å². The summed E-state index contributed by atoms with van der Waals surface area (Å²) in [6.45, 7) is 0. The highest BCUT2D eigenvalue weighted by atomic mass is 16.6. The molecular formula is C18H16N4O2. The van der Waals surface area contributed by atoms with Crippen LogP contribution in [0.1, 0.15) is 23.4 Å². The summed E-state index contributed by atoms with van der Waals surface area (Å²) in [5.74, 6) is 0. The Bertz CT molecular complexity index is 875. The molecule has 1 fully saturated rings. The first-order valence-corrected chi connectivity index (χ1v) is 7.68. The fourth-order valence-corrected chi connectivity index (χ4v) is 2.99.